The summed E-state index contributed by atoms with van der Waals surface area (Å²) in [5.41, 5.74) is 2.23. The largest absolute Gasteiger partial charge is 0.497 e. The van der Waals surface area contributed by atoms with Crippen molar-refractivity contribution in [1.82, 2.24) is 15.5 Å². The number of anilines is 1. The highest BCUT2D eigenvalue weighted by molar-refractivity contribution is 5.92. The maximum absolute atomic E-state index is 12.9. The summed E-state index contributed by atoms with van der Waals surface area (Å²) in [5.74, 6) is 0.807. The standard InChI is InChI=1S/C21H21FN4O2/c1-28-18-8-4-16(5-9-18)14-24-21(27)19-10-11-20(26-25-19)23-13-12-15-2-6-17(22)7-3-15/h2-11H,12-14H2,1H3,(H,23,26)(H,24,27). The Balaban J connectivity index is 1.46. The van der Waals surface area contributed by atoms with Gasteiger partial charge in [0.15, 0.2) is 5.69 Å². The molecule has 3 rings (SSSR count). The Morgan fingerprint density at radius 3 is 2.32 bits per heavy atom. The van der Waals surface area contributed by atoms with Crippen LogP contribution in [0, 0.1) is 5.82 Å². The number of hydrogen-bond donors (Lipinski definition) is 2. The first-order chi connectivity index (χ1) is 13.6. The second kappa shape index (κ2) is 9.45. The number of ether oxygens (including phenoxy) is 1. The normalized spacial score (nSPS) is 10.4. The van der Waals surface area contributed by atoms with Crippen LogP contribution >= 0.6 is 0 Å². The predicted octanol–water partition coefficient (Wildman–Crippen LogP) is 3.21. The van der Waals surface area contributed by atoms with Gasteiger partial charge in [-0.1, -0.05) is 24.3 Å². The van der Waals surface area contributed by atoms with Gasteiger partial charge in [0.2, 0.25) is 0 Å². The SMILES string of the molecule is COc1ccc(CNC(=O)c2ccc(NCCc3ccc(F)cc3)nn2)cc1. The van der Waals surface area contributed by atoms with Crippen molar-refractivity contribution >= 4 is 11.7 Å². The second-order valence-corrected chi connectivity index (χ2v) is 6.14. The molecule has 0 atom stereocenters. The van der Waals surface area contributed by atoms with Crippen LogP contribution in [0.5, 0.6) is 5.75 Å². The number of methoxy groups -OCH3 is 1. The van der Waals surface area contributed by atoms with Gasteiger partial charge >= 0.3 is 0 Å². The molecule has 0 bridgehead atoms. The average molecular weight is 380 g/mol. The van der Waals surface area contributed by atoms with Gasteiger partial charge in [0.25, 0.3) is 5.91 Å². The zero-order valence-corrected chi connectivity index (χ0v) is 15.5. The number of hydrogen-bond acceptors (Lipinski definition) is 5. The monoisotopic (exact) mass is 380 g/mol. The Kier molecular flexibility index (Phi) is 6.51. The number of benzene rings is 2. The number of carbonyl (C=O) groups is 1. The zero-order chi connectivity index (χ0) is 19.8. The van der Waals surface area contributed by atoms with Crippen LogP contribution in [0.2, 0.25) is 0 Å². The van der Waals surface area contributed by atoms with E-state index in [1.807, 2.05) is 24.3 Å². The van der Waals surface area contributed by atoms with Crippen LogP contribution < -0.4 is 15.4 Å². The van der Waals surface area contributed by atoms with E-state index in [1.165, 1.54) is 12.1 Å². The summed E-state index contributed by atoms with van der Waals surface area (Å²) in [6.45, 7) is 1.02. The van der Waals surface area contributed by atoms with Crippen LogP contribution in [-0.2, 0) is 13.0 Å². The highest BCUT2D eigenvalue weighted by atomic mass is 19.1. The van der Waals surface area contributed by atoms with Crippen LogP contribution in [0.4, 0.5) is 10.2 Å². The average Bonchev–Trinajstić information content (AvgIpc) is 2.74. The molecular formula is C21H21FN4O2. The Bertz CT molecular complexity index is 897. The molecule has 28 heavy (non-hydrogen) atoms. The van der Waals surface area contributed by atoms with Gasteiger partial charge in [-0.15, -0.1) is 10.2 Å². The zero-order valence-electron chi connectivity index (χ0n) is 15.5. The van der Waals surface area contributed by atoms with Crippen molar-refractivity contribution in [3.8, 4) is 5.75 Å². The minimum atomic E-state index is -0.291. The van der Waals surface area contributed by atoms with Crippen molar-refractivity contribution < 1.29 is 13.9 Å². The van der Waals surface area contributed by atoms with Crippen molar-refractivity contribution in [2.75, 3.05) is 19.0 Å². The highest BCUT2D eigenvalue weighted by Gasteiger charge is 2.08. The van der Waals surface area contributed by atoms with Gasteiger partial charge < -0.3 is 15.4 Å². The number of carbonyl (C=O) groups excluding carboxylic acids is 1. The fraction of sp³-hybridized carbons (Fsp3) is 0.190. The molecule has 0 unspecified atom stereocenters. The van der Waals surface area contributed by atoms with Gasteiger partial charge in [-0.25, -0.2) is 4.39 Å². The summed E-state index contributed by atoms with van der Waals surface area (Å²) < 4.78 is 18.0. The molecule has 144 valence electrons. The third-order valence-electron chi connectivity index (χ3n) is 4.14. The lowest BCUT2D eigenvalue weighted by Gasteiger charge is -2.07. The van der Waals surface area contributed by atoms with Crippen molar-refractivity contribution in [2.45, 2.75) is 13.0 Å². The fourth-order valence-electron chi connectivity index (χ4n) is 2.55. The molecule has 6 nitrogen and oxygen atoms in total. The third-order valence-corrected chi connectivity index (χ3v) is 4.14. The van der Waals surface area contributed by atoms with Gasteiger partial charge in [-0.2, -0.15) is 0 Å². The first-order valence-electron chi connectivity index (χ1n) is 8.87. The first kappa shape index (κ1) is 19.3. The molecule has 2 aromatic carbocycles. The summed E-state index contributed by atoms with van der Waals surface area (Å²) in [7, 11) is 1.61. The topological polar surface area (TPSA) is 76.1 Å². The van der Waals surface area contributed by atoms with E-state index in [4.69, 9.17) is 4.74 Å². The molecule has 3 aromatic rings. The van der Waals surface area contributed by atoms with Crippen molar-refractivity contribution in [3.63, 3.8) is 0 Å². The highest BCUT2D eigenvalue weighted by Crippen LogP contribution is 2.11. The van der Waals surface area contributed by atoms with E-state index in [2.05, 4.69) is 20.8 Å². The minimum Gasteiger partial charge on any atom is -0.497 e. The predicted molar refractivity (Wildman–Crippen MR) is 105 cm³/mol. The number of halogens is 1. The van der Waals surface area contributed by atoms with Crippen molar-refractivity contribution in [1.29, 1.82) is 0 Å². The summed E-state index contributed by atoms with van der Waals surface area (Å²) in [4.78, 5) is 12.2. The van der Waals surface area contributed by atoms with E-state index >= 15 is 0 Å². The van der Waals surface area contributed by atoms with Gasteiger partial charge in [0.05, 0.1) is 7.11 Å². The van der Waals surface area contributed by atoms with Gasteiger partial charge in [-0.05, 0) is 53.9 Å². The smallest absolute Gasteiger partial charge is 0.272 e. The molecule has 0 aliphatic carbocycles. The molecular weight excluding hydrogens is 359 g/mol. The molecule has 0 spiro atoms. The molecule has 0 aliphatic rings. The summed E-state index contributed by atoms with van der Waals surface area (Å²) in [6.07, 6.45) is 0.728. The molecule has 0 radical (unpaired) electrons. The van der Waals surface area contributed by atoms with Crippen LogP contribution in [0.3, 0.4) is 0 Å². The van der Waals surface area contributed by atoms with Crippen LogP contribution in [0.1, 0.15) is 21.6 Å². The number of nitrogens with one attached hydrogen (secondary N) is 2. The Labute approximate surface area is 162 Å². The molecule has 0 saturated heterocycles. The molecule has 0 aliphatic heterocycles. The second-order valence-electron chi connectivity index (χ2n) is 6.14. The van der Waals surface area contributed by atoms with Gasteiger partial charge in [-0.3, -0.25) is 4.79 Å². The Hall–Kier alpha value is -3.48. The fourth-order valence-corrected chi connectivity index (χ4v) is 2.55. The van der Waals surface area contributed by atoms with Gasteiger partial charge in [0.1, 0.15) is 17.4 Å². The number of nitrogens with zero attached hydrogens (tertiary/aromatic N) is 2. The number of aromatic nitrogens is 2. The summed E-state index contributed by atoms with van der Waals surface area (Å²) in [6, 6.07) is 17.2. The quantitative estimate of drug-likeness (QED) is 0.628. The first-order valence-corrected chi connectivity index (χ1v) is 8.87. The van der Waals surface area contributed by atoms with Crippen LogP contribution in [0.15, 0.2) is 60.7 Å². The molecule has 0 fully saturated rings. The lowest BCUT2D eigenvalue weighted by molar-refractivity contribution is 0.0945. The lowest BCUT2D eigenvalue weighted by atomic mass is 10.1. The minimum absolute atomic E-state index is 0.247. The molecule has 0 saturated carbocycles. The Morgan fingerprint density at radius 2 is 1.68 bits per heavy atom. The molecule has 2 N–H and O–H groups in total. The molecule has 1 heterocycles. The number of rotatable bonds is 8. The van der Waals surface area contributed by atoms with E-state index in [0.717, 1.165) is 23.3 Å². The maximum Gasteiger partial charge on any atom is 0.272 e. The van der Waals surface area contributed by atoms with Crippen molar-refractivity contribution in [3.05, 3.63) is 83.3 Å². The van der Waals surface area contributed by atoms with Crippen LogP contribution in [0.25, 0.3) is 0 Å². The summed E-state index contributed by atoms with van der Waals surface area (Å²) >= 11 is 0. The number of amides is 1. The van der Waals surface area contributed by atoms with Crippen molar-refractivity contribution in [2.24, 2.45) is 0 Å². The molecule has 1 amide bonds. The lowest BCUT2D eigenvalue weighted by Crippen LogP contribution is -2.24. The van der Waals surface area contributed by atoms with E-state index in [1.54, 1.807) is 31.4 Å². The summed E-state index contributed by atoms with van der Waals surface area (Å²) in [5, 5.41) is 13.9. The molecule has 1 aromatic heterocycles. The third kappa shape index (κ3) is 5.51. The van der Waals surface area contributed by atoms with E-state index < -0.39 is 0 Å². The van der Waals surface area contributed by atoms with Crippen LogP contribution in [-0.4, -0.2) is 29.8 Å². The van der Waals surface area contributed by atoms with E-state index in [9.17, 15) is 9.18 Å². The van der Waals surface area contributed by atoms with E-state index in [-0.39, 0.29) is 17.4 Å². The van der Waals surface area contributed by atoms with Gasteiger partial charge in [0, 0.05) is 13.1 Å². The Morgan fingerprint density at radius 1 is 0.964 bits per heavy atom. The maximum atomic E-state index is 12.9. The van der Waals surface area contributed by atoms with E-state index in [0.29, 0.717) is 18.9 Å². The molecule has 7 heteroatoms.